The molecule has 0 unspecified atom stereocenters. The number of thioether (sulfide) groups is 1. The Bertz CT molecular complexity index is 401. The molecule has 0 saturated carbocycles. The third-order valence-electron chi connectivity index (χ3n) is 1.77. The van der Waals surface area contributed by atoms with Crippen molar-refractivity contribution >= 4 is 24.2 Å². The lowest BCUT2D eigenvalue weighted by Gasteiger charge is -2.00. The molecule has 0 aromatic heterocycles. The molecular weight excluding hydrogens is 206 g/mol. The Morgan fingerprint density at radius 2 is 2.20 bits per heavy atom. The summed E-state index contributed by atoms with van der Waals surface area (Å²) in [6.45, 7) is 3.50. The van der Waals surface area contributed by atoms with Gasteiger partial charge in [-0.05, 0) is 24.3 Å². The lowest BCUT2D eigenvalue weighted by Crippen LogP contribution is -1.90. The Morgan fingerprint density at radius 1 is 1.53 bits per heavy atom. The lowest BCUT2D eigenvalue weighted by atomic mass is 10.1. The first kappa shape index (κ1) is 11.5. The van der Waals surface area contributed by atoms with E-state index in [1.54, 1.807) is 12.1 Å². The van der Waals surface area contributed by atoms with Crippen LogP contribution in [0.1, 0.15) is 11.1 Å². The minimum Gasteiger partial charge on any atom is -0.322 e. The van der Waals surface area contributed by atoms with E-state index in [0.717, 1.165) is 11.3 Å². The molecule has 1 aromatic carbocycles. The van der Waals surface area contributed by atoms with E-state index in [2.05, 4.69) is 17.8 Å². The van der Waals surface area contributed by atoms with Gasteiger partial charge in [-0.2, -0.15) is 5.26 Å². The molecule has 0 atom stereocenters. The number of nitrogens with zero attached hydrogens (tertiary/aromatic N) is 2. The molecule has 2 N–H and O–H groups in total. The fourth-order valence-corrected chi connectivity index (χ4v) is 1.50. The number of hydrogen-bond donors (Lipinski definition) is 1. The van der Waals surface area contributed by atoms with Crippen LogP contribution in [0.4, 0.5) is 0 Å². The van der Waals surface area contributed by atoms with Crippen molar-refractivity contribution in [2.75, 3.05) is 5.88 Å². The van der Waals surface area contributed by atoms with E-state index in [1.807, 2.05) is 17.5 Å². The molecular formula is C11H11N3S. The Hall–Kier alpha value is -1.57. The van der Waals surface area contributed by atoms with E-state index in [4.69, 9.17) is 11.0 Å². The van der Waals surface area contributed by atoms with E-state index in [1.165, 1.54) is 11.8 Å². The Labute approximate surface area is 93.3 Å². The minimum atomic E-state index is 0.509. The zero-order chi connectivity index (χ0) is 11.1. The van der Waals surface area contributed by atoms with Crippen molar-refractivity contribution in [2.24, 2.45) is 10.7 Å². The van der Waals surface area contributed by atoms with Crippen LogP contribution in [-0.4, -0.2) is 12.6 Å². The van der Waals surface area contributed by atoms with Gasteiger partial charge in [0, 0.05) is 11.4 Å². The molecule has 1 aromatic rings. The minimum absolute atomic E-state index is 0.509. The van der Waals surface area contributed by atoms with Gasteiger partial charge in [0.25, 0.3) is 0 Å². The van der Waals surface area contributed by atoms with Crippen molar-refractivity contribution in [2.45, 2.75) is 0 Å². The van der Waals surface area contributed by atoms with Crippen LogP contribution in [0.15, 0.2) is 34.7 Å². The van der Waals surface area contributed by atoms with Gasteiger partial charge in [0.05, 0.1) is 17.3 Å². The van der Waals surface area contributed by atoms with Crippen LogP contribution in [0, 0.1) is 11.3 Å². The molecule has 1 rings (SSSR count). The zero-order valence-electron chi connectivity index (χ0n) is 8.18. The fourth-order valence-electron chi connectivity index (χ4n) is 1.04. The third kappa shape index (κ3) is 3.24. The number of nitrogens with two attached hydrogens (primary N) is 1. The number of nitriles is 1. The summed E-state index contributed by atoms with van der Waals surface area (Å²) in [6.07, 6.45) is 0. The molecule has 0 heterocycles. The first-order chi connectivity index (χ1) is 7.31. The summed E-state index contributed by atoms with van der Waals surface area (Å²) in [5, 5.41) is 10.5. The second-order valence-corrected chi connectivity index (χ2v) is 3.59. The maximum Gasteiger partial charge on any atom is 0.0991 e. The van der Waals surface area contributed by atoms with Crippen LogP contribution >= 0.6 is 11.8 Å². The summed E-state index contributed by atoms with van der Waals surface area (Å²) < 4.78 is 0. The van der Waals surface area contributed by atoms with Gasteiger partial charge in [0.2, 0.25) is 0 Å². The molecule has 3 nitrogen and oxygen atoms in total. The maximum atomic E-state index is 8.64. The number of benzene rings is 1. The molecule has 0 aliphatic heterocycles. The summed E-state index contributed by atoms with van der Waals surface area (Å²) in [5.74, 6) is 0.509. The predicted octanol–water partition coefficient (Wildman–Crippen LogP) is 2.21. The number of rotatable bonds is 4. The summed E-state index contributed by atoms with van der Waals surface area (Å²) in [4.78, 5) is 3.90. The third-order valence-corrected chi connectivity index (χ3v) is 2.35. The van der Waals surface area contributed by atoms with E-state index < -0.39 is 0 Å². The predicted molar refractivity (Wildman–Crippen MR) is 65.3 cm³/mol. The summed E-state index contributed by atoms with van der Waals surface area (Å²) in [5.41, 5.74) is 7.71. The monoisotopic (exact) mass is 217 g/mol. The molecule has 0 amide bonds. The lowest BCUT2D eigenvalue weighted by molar-refractivity contribution is 1.41. The second-order valence-electron chi connectivity index (χ2n) is 2.68. The quantitative estimate of drug-likeness (QED) is 0.621. The normalized spacial score (nSPS) is 10.8. The largest absolute Gasteiger partial charge is 0.322 e. The summed E-state index contributed by atoms with van der Waals surface area (Å²) in [7, 11) is 0. The van der Waals surface area contributed by atoms with Gasteiger partial charge in [0.15, 0.2) is 0 Å². The topological polar surface area (TPSA) is 62.2 Å². The molecule has 0 aliphatic carbocycles. The smallest absolute Gasteiger partial charge is 0.0991 e. The average Bonchev–Trinajstić information content (AvgIpc) is 2.31. The summed E-state index contributed by atoms with van der Waals surface area (Å²) >= 11 is 1.46. The van der Waals surface area contributed by atoms with Crippen LogP contribution < -0.4 is 5.73 Å². The zero-order valence-corrected chi connectivity index (χ0v) is 9.00. The Morgan fingerprint density at radius 3 is 2.67 bits per heavy atom. The van der Waals surface area contributed by atoms with Crippen LogP contribution in [-0.2, 0) is 0 Å². The molecule has 0 saturated heterocycles. The van der Waals surface area contributed by atoms with E-state index in [-0.39, 0.29) is 0 Å². The van der Waals surface area contributed by atoms with Crippen LogP contribution in [0.3, 0.4) is 0 Å². The highest BCUT2D eigenvalue weighted by atomic mass is 32.2. The van der Waals surface area contributed by atoms with Gasteiger partial charge in [0.1, 0.15) is 0 Å². The van der Waals surface area contributed by atoms with Crippen molar-refractivity contribution in [1.82, 2.24) is 0 Å². The highest BCUT2D eigenvalue weighted by molar-refractivity contribution is 8.02. The Balaban J connectivity index is 2.94. The SMILES string of the molecule is C=N/C(=C\SCN)c1ccc(C#N)cc1. The molecule has 15 heavy (non-hydrogen) atoms. The first-order valence-electron chi connectivity index (χ1n) is 4.31. The van der Waals surface area contributed by atoms with Crippen molar-refractivity contribution in [1.29, 1.82) is 5.26 Å². The average molecular weight is 217 g/mol. The molecule has 0 fully saturated rings. The highest BCUT2D eigenvalue weighted by Gasteiger charge is 1.98. The van der Waals surface area contributed by atoms with E-state index in [9.17, 15) is 0 Å². The standard InChI is InChI=1S/C11H11N3S/c1-14-11(7-15-8-13)10-4-2-9(6-12)3-5-10/h2-5,7H,1,8,13H2/b11-7-. The van der Waals surface area contributed by atoms with Gasteiger partial charge in [-0.1, -0.05) is 12.1 Å². The molecule has 0 spiro atoms. The molecule has 0 aliphatic rings. The van der Waals surface area contributed by atoms with Gasteiger partial charge in [-0.3, -0.25) is 4.99 Å². The van der Waals surface area contributed by atoms with Gasteiger partial charge in [-0.25, -0.2) is 0 Å². The Kier molecular flexibility index (Phi) is 4.61. The molecule has 0 radical (unpaired) electrons. The number of aliphatic imine (C=N–C) groups is 1. The van der Waals surface area contributed by atoms with Gasteiger partial charge in [-0.15, -0.1) is 11.8 Å². The fraction of sp³-hybridized carbons (Fsp3) is 0.0909. The van der Waals surface area contributed by atoms with Crippen LogP contribution in [0.5, 0.6) is 0 Å². The van der Waals surface area contributed by atoms with Crippen LogP contribution in [0.25, 0.3) is 5.70 Å². The molecule has 4 heteroatoms. The van der Waals surface area contributed by atoms with Crippen molar-refractivity contribution < 1.29 is 0 Å². The van der Waals surface area contributed by atoms with Crippen molar-refractivity contribution in [3.05, 3.63) is 40.8 Å². The van der Waals surface area contributed by atoms with Gasteiger partial charge >= 0.3 is 0 Å². The van der Waals surface area contributed by atoms with Gasteiger partial charge < -0.3 is 5.73 Å². The van der Waals surface area contributed by atoms with E-state index in [0.29, 0.717) is 11.4 Å². The maximum absolute atomic E-state index is 8.64. The van der Waals surface area contributed by atoms with Crippen molar-refractivity contribution in [3.8, 4) is 6.07 Å². The van der Waals surface area contributed by atoms with Crippen molar-refractivity contribution in [3.63, 3.8) is 0 Å². The highest BCUT2D eigenvalue weighted by Crippen LogP contribution is 2.19. The number of hydrogen-bond acceptors (Lipinski definition) is 4. The second kappa shape index (κ2) is 6.02. The first-order valence-corrected chi connectivity index (χ1v) is 5.35. The summed E-state index contributed by atoms with van der Waals surface area (Å²) in [6, 6.07) is 9.25. The molecule has 0 bridgehead atoms. The van der Waals surface area contributed by atoms with Crippen LogP contribution in [0.2, 0.25) is 0 Å². The molecule has 76 valence electrons. The van der Waals surface area contributed by atoms with E-state index >= 15 is 0 Å².